The van der Waals surface area contributed by atoms with Crippen molar-refractivity contribution in [1.82, 2.24) is 4.98 Å². The molecule has 1 heterocycles. The van der Waals surface area contributed by atoms with Crippen molar-refractivity contribution < 1.29 is 9.53 Å². The fraction of sp³-hybridized carbons (Fsp3) is 0.111. The minimum Gasteiger partial charge on any atom is -0.497 e. The van der Waals surface area contributed by atoms with Gasteiger partial charge in [0.15, 0.2) is 5.13 Å². The monoisotopic (exact) mass is 339 g/mol. The Labute approximate surface area is 144 Å². The van der Waals surface area contributed by atoms with E-state index in [1.54, 1.807) is 20.2 Å². The van der Waals surface area contributed by atoms with Crippen LogP contribution in [0.2, 0.25) is 0 Å². The molecule has 0 saturated carbocycles. The minimum atomic E-state index is -0.193. The summed E-state index contributed by atoms with van der Waals surface area (Å²) in [5.74, 6) is 0.498. The van der Waals surface area contributed by atoms with Gasteiger partial charge in [-0.15, -0.1) is 0 Å². The van der Waals surface area contributed by atoms with E-state index in [-0.39, 0.29) is 5.91 Å². The van der Waals surface area contributed by atoms with Crippen molar-refractivity contribution in [2.75, 3.05) is 24.8 Å². The molecule has 0 saturated heterocycles. The Morgan fingerprint density at radius 1 is 1.12 bits per heavy atom. The van der Waals surface area contributed by atoms with Gasteiger partial charge in [-0.3, -0.25) is 4.79 Å². The summed E-state index contributed by atoms with van der Waals surface area (Å²) in [5, 5.41) is 6.60. The highest BCUT2D eigenvalue weighted by molar-refractivity contribution is 7.18. The lowest BCUT2D eigenvalue weighted by Gasteiger charge is -2.07. The number of carbonyl (C=O) groups is 1. The van der Waals surface area contributed by atoms with Crippen molar-refractivity contribution in [1.29, 1.82) is 0 Å². The van der Waals surface area contributed by atoms with Crippen molar-refractivity contribution in [3.63, 3.8) is 0 Å². The summed E-state index contributed by atoms with van der Waals surface area (Å²) in [6.07, 6.45) is 0. The second kappa shape index (κ2) is 7.14. The number of nitrogens with zero attached hydrogens (tertiary/aromatic N) is 1. The first kappa shape index (κ1) is 16.0. The predicted octanol–water partition coefficient (Wildman–Crippen LogP) is 4.11. The van der Waals surface area contributed by atoms with Crippen LogP contribution in [0.5, 0.6) is 5.75 Å². The fourth-order valence-corrected chi connectivity index (χ4v) is 3.10. The average Bonchev–Trinajstić information content (AvgIpc) is 3.07. The van der Waals surface area contributed by atoms with E-state index in [1.165, 1.54) is 11.3 Å². The van der Waals surface area contributed by atoms with Gasteiger partial charge >= 0.3 is 0 Å². The third-order valence-electron chi connectivity index (χ3n) is 3.42. The highest BCUT2D eigenvalue weighted by Crippen LogP contribution is 2.31. The van der Waals surface area contributed by atoms with Gasteiger partial charge in [-0.2, -0.15) is 0 Å². The smallest absolute Gasteiger partial charge is 0.268 e. The summed E-state index contributed by atoms with van der Waals surface area (Å²) in [6.45, 7) is 0. The van der Waals surface area contributed by atoms with Crippen LogP contribution in [0.3, 0.4) is 0 Å². The van der Waals surface area contributed by atoms with E-state index >= 15 is 0 Å². The lowest BCUT2D eigenvalue weighted by Crippen LogP contribution is -2.11. The number of amides is 1. The van der Waals surface area contributed by atoms with Gasteiger partial charge in [0.2, 0.25) is 0 Å². The number of benzene rings is 2. The fourth-order valence-electron chi connectivity index (χ4n) is 2.26. The second-order valence-electron chi connectivity index (χ2n) is 5.00. The molecule has 1 amide bonds. The van der Waals surface area contributed by atoms with Gasteiger partial charge in [-0.05, 0) is 12.1 Å². The minimum absolute atomic E-state index is 0.193. The van der Waals surface area contributed by atoms with E-state index in [0.29, 0.717) is 27.1 Å². The normalized spacial score (nSPS) is 10.2. The number of carbonyl (C=O) groups excluding carboxylic acids is 1. The quantitative estimate of drug-likeness (QED) is 0.734. The number of methoxy groups -OCH3 is 1. The molecule has 0 radical (unpaired) electrons. The Hall–Kier alpha value is -2.86. The second-order valence-corrected chi connectivity index (χ2v) is 6.00. The van der Waals surface area contributed by atoms with E-state index in [2.05, 4.69) is 15.6 Å². The standard InChI is InChI=1S/C18H17N3O2S/c1-19-18-21-15(12-7-4-3-5-8-12)16(24-18)17(22)20-13-9-6-10-14(11-13)23-2/h3-11H,1-2H3,(H,19,21)(H,20,22). The number of ether oxygens (including phenoxy) is 1. The molecule has 2 N–H and O–H groups in total. The van der Waals surface area contributed by atoms with E-state index in [4.69, 9.17) is 4.74 Å². The number of thiazole rings is 1. The molecule has 6 heteroatoms. The molecule has 0 bridgehead atoms. The maximum absolute atomic E-state index is 12.7. The first-order valence-electron chi connectivity index (χ1n) is 7.40. The molecule has 0 aliphatic rings. The lowest BCUT2D eigenvalue weighted by atomic mass is 10.1. The Balaban J connectivity index is 1.93. The average molecular weight is 339 g/mol. The summed E-state index contributed by atoms with van der Waals surface area (Å²) >= 11 is 1.33. The van der Waals surface area contributed by atoms with E-state index in [1.807, 2.05) is 48.5 Å². The van der Waals surface area contributed by atoms with Crippen molar-refractivity contribution in [3.05, 3.63) is 59.5 Å². The zero-order valence-corrected chi connectivity index (χ0v) is 14.2. The third kappa shape index (κ3) is 3.38. The number of hydrogen-bond donors (Lipinski definition) is 2. The van der Waals surface area contributed by atoms with E-state index in [0.717, 1.165) is 5.56 Å². The van der Waals surface area contributed by atoms with Crippen molar-refractivity contribution in [3.8, 4) is 17.0 Å². The Bertz CT molecular complexity index is 846. The van der Waals surface area contributed by atoms with E-state index < -0.39 is 0 Å². The number of anilines is 2. The molecule has 3 rings (SSSR count). The lowest BCUT2D eigenvalue weighted by molar-refractivity contribution is 0.103. The number of nitrogens with one attached hydrogen (secondary N) is 2. The van der Waals surface area contributed by atoms with Gasteiger partial charge in [0, 0.05) is 24.4 Å². The predicted molar refractivity (Wildman–Crippen MR) is 98.0 cm³/mol. The zero-order valence-electron chi connectivity index (χ0n) is 13.4. The number of aromatic nitrogens is 1. The topological polar surface area (TPSA) is 63.2 Å². The van der Waals surface area contributed by atoms with Crippen molar-refractivity contribution in [2.24, 2.45) is 0 Å². The van der Waals surface area contributed by atoms with Crippen molar-refractivity contribution in [2.45, 2.75) is 0 Å². The van der Waals surface area contributed by atoms with Gasteiger partial charge in [-0.1, -0.05) is 47.7 Å². The van der Waals surface area contributed by atoms with Gasteiger partial charge < -0.3 is 15.4 Å². The van der Waals surface area contributed by atoms with Crippen LogP contribution in [0.25, 0.3) is 11.3 Å². The molecular formula is C18H17N3O2S. The van der Waals surface area contributed by atoms with Gasteiger partial charge in [0.05, 0.1) is 12.8 Å². The molecular weight excluding hydrogens is 322 g/mol. The van der Waals surface area contributed by atoms with E-state index in [9.17, 15) is 4.79 Å². The summed E-state index contributed by atoms with van der Waals surface area (Å²) in [7, 11) is 3.38. The summed E-state index contributed by atoms with van der Waals surface area (Å²) in [4.78, 5) is 17.8. The molecule has 0 aliphatic carbocycles. The zero-order chi connectivity index (χ0) is 16.9. The van der Waals surface area contributed by atoms with Crippen LogP contribution in [-0.4, -0.2) is 25.0 Å². The molecule has 24 heavy (non-hydrogen) atoms. The molecule has 1 aromatic heterocycles. The van der Waals surface area contributed by atoms with Gasteiger partial charge in [-0.25, -0.2) is 4.98 Å². The van der Waals surface area contributed by atoms with Crippen LogP contribution < -0.4 is 15.4 Å². The number of hydrogen-bond acceptors (Lipinski definition) is 5. The largest absolute Gasteiger partial charge is 0.497 e. The maximum Gasteiger partial charge on any atom is 0.268 e. The maximum atomic E-state index is 12.7. The molecule has 0 fully saturated rings. The van der Waals surface area contributed by atoms with Crippen LogP contribution in [0.4, 0.5) is 10.8 Å². The first-order chi connectivity index (χ1) is 11.7. The third-order valence-corrected chi connectivity index (χ3v) is 4.49. The molecule has 0 aliphatic heterocycles. The molecule has 122 valence electrons. The first-order valence-corrected chi connectivity index (χ1v) is 8.22. The number of rotatable bonds is 5. The highest BCUT2D eigenvalue weighted by Gasteiger charge is 2.19. The molecule has 2 aromatic carbocycles. The summed E-state index contributed by atoms with van der Waals surface area (Å²) in [5.41, 5.74) is 2.26. The van der Waals surface area contributed by atoms with Gasteiger partial charge in [0.25, 0.3) is 5.91 Å². The molecule has 0 unspecified atom stereocenters. The van der Waals surface area contributed by atoms with Crippen molar-refractivity contribution >= 4 is 28.1 Å². The van der Waals surface area contributed by atoms with Crippen LogP contribution >= 0.6 is 11.3 Å². The summed E-state index contributed by atoms with van der Waals surface area (Å²) < 4.78 is 5.19. The van der Waals surface area contributed by atoms with Crippen LogP contribution in [-0.2, 0) is 0 Å². The molecule has 0 spiro atoms. The highest BCUT2D eigenvalue weighted by atomic mass is 32.1. The van der Waals surface area contributed by atoms with Gasteiger partial charge in [0.1, 0.15) is 10.6 Å². The molecule has 0 atom stereocenters. The van der Waals surface area contributed by atoms with Crippen LogP contribution in [0, 0.1) is 0 Å². The molecule has 5 nitrogen and oxygen atoms in total. The molecule has 3 aromatic rings. The Morgan fingerprint density at radius 2 is 1.92 bits per heavy atom. The summed E-state index contributed by atoms with van der Waals surface area (Å²) in [6, 6.07) is 16.9. The SMILES string of the molecule is CNc1nc(-c2ccccc2)c(C(=O)Nc2cccc(OC)c2)s1. The Morgan fingerprint density at radius 3 is 2.62 bits per heavy atom. The van der Waals surface area contributed by atoms with Crippen LogP contribution in [0.1, 0.15) is 9.67 Å². The van der Waals surface area contributed by atoms with Crippen LogP contribution in [0.15, 0.2) is 54.6 Å². The Kier molecular flexibility index (Phi) is 4.77.